The Morgan fingerprint density at radius 3 is 2.50 bits per heavy atom. The molecule has 5 nitrogen and oxygen atoms in total. The topological polar surface area (TPSA) is 75.4 Å². The number of nitrogens with zero attached hydrogens (tertiary/aromatic N) is 1. The molecule has 0 aromatic heterocycles. The molecule has 1 saturated heterocycles. The Morgan fingerprint density at radius 1 is 1.33 bits per heavy atom. The number of rotatable bonds is 5. The zero-order chi connectivity index (χ0) is 13.1. The van der Waals surface area contributed by atoms with Crippen LogP contribution in [0.3, 0.4) is 0 Å². The average Bonchev–Trinajstić information content (AvgIpc) is 3.04. The monoisotopic (exact) mass is 253 g/mol. The average molecular weight is 253 g/mol. The Kier molecular flexibility index (Phi) is 4.22. The van der Waals surface area contributed by atoms with Gasteiger partial charge in [-0.25, -0.2) is 0 Å². The van der Waals surface area contributed by atoms with E-state index in [9.17, 15) is 9.59 Å². The lowest BCUT2D eigenvalue weighted by atomic mass is 10.1. The molecule has 1 aliphatic carbocycles. The predicted molar refractivity (Wildman–Crippen MR) is 68.7 cm³/mol. The van der Waals surface area contributed by atoms with E-state index in [-0.39, 0.29) is 17.9 Å². The molecular weight excluding hydrogens is 230 g/mol. The molecule has 2 atom stereocenters. The van der Waals surface area contributed by atoms with Gasteiger partial charge >= 0.3 is 0 Å². The van der Waals surface area contributed by atoms with Crippen molar-refractivity contribution in [1.82, 2.24) is 10.2 Å². The van der Waals surface area contributed by atoms with E-state index in [1.165, 1.54) is 0 Å². The number of likely N-dealkylation sites (tertiary alicyclic amines) is 1. The van der Waals surface area contributed by atoms with Crippen molar-refractivity contribution in [2.75, 3.05) is 13.1 Å². The van der Waals surface area contributed by atoms with Crippen molar-refractivity contribution in [2.24, 2.45) is 11.7 Å². The summed E-state index contributed by atoms with van der Waals surface area (Å²) in [5.41, 5.74) is 5.90. The van der Waals surface area contributed by atoms with Gasteiger partial charge < -0.3 is 16.0 Å². The second-order valence-electron chi connectivity index (χ2n) is 5.53. The molecular formula is C13H23N3O2. The molecule has 1 saturated carbocycles. The fourth-order valence-corrected chi connectivity index (χ4v) is 2.48. The summed E-state index contributed by atoms with van der Waals surface area (Å²) in [6, 6.07) is -0.471. The third-order valence-electron chi connectivity index (χ3n) is 3.81. The summed E-state index contributed by atoms with van der Waals surface area (Å²) in [5, 5.41) is 2.76. The third-order valence-corrected chi connectivity index (χ3v) is 3.81. The minimum absolute atomic E-state index is 0.0286. The Balaban J connectivity index is 1.73. The number of hydrogen-bond acceptors (Lipinski definition) is 3. The molecule has 2 amide bonds. The zero-order valence-corrected chi connectivity index (χ0v) is 11.0. The standard InChI is InChI=1S/C13H23N3O2/c1-9(13(18)16-6-2-3-7-16)15-12(17)8-11(14)10-4-5-10/h9-11H,2-8,14H2,1H3,(H,15,17). The van der Waals surface area contributed by atoms with Crippen LogP contribution in [0.15, 0.2) is 0 Å². The molecule has 0 radical (unpaired) electrons. The molecule has 0 bridgehead atoms. The first-order valence-electron chi connectivity index (χ1n) is 6.91. The quantitative estimate of drug-likeness (QED) is 0.737. The summed E-state index contributed by atoms with van der Waals surface area (Å²) in [6.45, 7) is 3.39. The van der Waals surface area contributed by atoms with Gasteiger partial charge in [0.2, 0.25) is 11.8 Å². The van der Waals surface area contributed by atoms with Gasteiger partial charge in [0, 0.05) is 25.6 Å². The number of amides is 2. The van der Waals surface area contributed by atoms with Gasteiger partial charge in [-0.05, 0) is 38.5 Å². The number of carbonyl (C=O) groups excluding carboxylic acids is 2. The van der Waals surface area contributed by atoms with Crippen molar-refractivity contribution < 1.29 is 9.59 Å². The molecule has 0 aromatic rings. The third kappa shape index (κ3) is 3.45. The minimum atomic E-state index is -0.429. The zero-order valence-electron chi connectivity index (χ0n) is 11.0. The van der Waals surface area contributed by atoms with Crippen molar-refractivity contribution in [3.8, 4) is 0 Å². The number of nitrogens with two attached hydrogens (primary N) is 1. The molecule has 0 aromatic carbocycles. The van der Waals surface area contributed by atoms with Crippen LogP contribution >= 0.6 is 0 Å². The summed E-state index contributed by atoms with van der Waals surface area (Å²) in [4.78, 5) is 25.6. The summed E-state index contributed by atoms with van der Waals surface area (Å²) in [7, 11) is 0. The van der Waals surface area contributed by atoms with Crippen LogP contribution in [0.25, 0.3) is 0 Å². The molecule has 2 rings (SSSR count). The van der Waals surface area contributed by atoms with E-state index < -0.39 is 6.04 Å². The number of hydrogen-bond donors (Lipinski definition) is 2. The summed E-state index contributed by atoms with van der Waals surface area (Å²) in [6.07, 6.45) is 4.74. The van der Waals surface area contributed by atoms with Crippen molar-refractivity contribution in [2.45, 2.75) is 51.1 Å². The SMILES string of the molecule is CC(NC(=O)CC(N)C1CC1)C(=O)N1CCCC1. The summed E-state index contributed by atoms with van der Waals surface area (Å²) < 4.78 is 0. The molecule has 1 heterocycles. The van der Waals surface area contributed by atoms with Gasteiger partial charge in [0.05, 0.1) is 0 Å². The normalized spacial score (nSPS) is 22.7. The smallest absolute Gasteiger partial charge is 0.244 e. The molecule has 2 aliphatic rings. The number of nitrogens with one attached hydrogen (secondary N) is 1. The maximum Gasteiger partial charge on any atom is 0.244 e. The molecule has 3 N–H and O–H groups in total. The molecule has 5 heteroatoms. The van der Waals surface area contributed by atoms with Crippen LogP contribution in [-0.4, -0.2) is 41.9 Å². The molecule has 2 fully saturated rings. The molecule has 102 valence electrons. The van der Waals surface area contributed by atoms with Crippen LogP contribution < -0.4 is 11.1 Å². The second kappa shape index (κ2) is 5.69. The highest BCUT2D eigenvalue weighted by atomic mass is 16.2. The van der Waals surface area contributed by atoms with Gasteiger partial charge in [-0.3, -0.25) is 9.59 Å². The Hall–Kier alpha value is -1.10. The van der Waals surface area contributed by atoms with E-state index in [0.717, 1.165) is 38.8 Å². The van der Waals surface area contributed by atoms with Crippen LogP contribution in [-0.2, 0) is 9.59 Å². The lowest BCUT2D eigenvalue weighted by Crippen LogP contribution is -2.47. The second-order valence-corrected chi connectivity index (χ2v) is 5.53. The maximum absolute atomic E-state index is 12.0. The number of carbonyl (C=O) groups is 2. The van der Waals surface area contributed by atoms with Gasteiger partial charge in [-0.2, -0.15) is 0 Å². The van der Waals surface area contributed by atoms with Crippen LogP contribution in [0.5, 0.6) is 0 Å². The highest BCUT2D eigenvalue weighted by Crippen LogP contribution is 2.32. The van der Waals surface area contributed by atoms with E-state index in [4.69, 9.17) is 5.73 Å². The summed E-state index contributed by atoms with van der Waals surface area (Å²) >= 11 is 0. The van der Waals surface area contributed by atoms with Crippen molar-refractivity contribution in [3.05, 3.63) is 0 Å². The summed E-state index contributed by atoms with van der Waals surface area (Å²) in [5.74, 6) is 0.440. The molecule has 2 unspecified atom stereocenters. The lowest BCUT2D eigenvalue weighted by molar-refractivity contribution is -0.135. The van der Waals surface area contributed by atoms with E-state index in [1.54, 1.807) is 6.92 Å². The van der Waals surface area contributed by atoms with Crippen LogP contribution in [0.4, 0.5) is 0 Å². The van der Waals surface area contributed by atoms with Crippen molar-refractivity contribution in [3.63, 3.8) is 0 Å². The Morgan fingerprint density at radius 2 is 1.94 bits per heavy atom. The van der Waals surface area contributed by atoms with E-state index >= 15 is 0 Å². The lowest BCUT2D eigenvalue weighted by Gasteiger charge is -2.21. The highest BCUT2D eigenvalue weighted by molar-refractivity contribution is 5.87. The largest absolute Gasteiger partial charge is 0.345 e. The van der Waals surface area contributed by atoms with E-state index in [0.29, 0.717) is 12.3 Å². The van der Waals surface area contributed by atoms with Gasteiger partial charge in [0.25, 0.3) is 0 Å². The van der Waals surface area contributed by atoms with Crippen LogP contribution in [0.1, 0.15) is 39.0 Å². The first-order valence-corrected chi connectivity index (χ1v) is 6.91. The minimum Gasteiger partial charge on any atom is -0.345 e. The van der Waals surface area contributed by atoms with Gasteiger partial charge in [-0.1, -0.05) is 0 Å². The van der Waals surface area contributed by atoms with Gasteiger partial charge in [0.1, 0.15) is 6.04 Å². The fraction of sp³-hybridized carbons (Fsp3) is 0.846. The first kappa shape index (κ1) is 13.3. The van der Waals surface area contributed by atoms with Gasteiger partial charge in [-0.15, -0.1) is 0 Å². The van der Waals surface area contributed by atoms with Crippen molar-refractivity contribution >= 4 is 11.8 Å². The van der Waals surface area contributed by atoms with Crippen LogP contribution in [0, 0.1) is 5.92 Å². The Labute approximate surface area is 108 Å². The first-order chi connectivity index (χ1) is 8.58. The molecule has 0 spiro atoms. The van der Waals surface area contributed by atoms with E-state index in [1.807, 2.05) is 4.90 Å². The van der Waals surface area contributed by atoms with Crippen molar-refractivity contribution in [1.29, 1.82) is 0 Å². The predicted octanol–water partition coefficient (Wildman–Crippen LogP) is 0.241. The van der Waals surface area contributed by atoms with Gasteiger partial charge in [0.15, 0.2) is 0 Å². The fourth-order valence-electron chi connectivity index (χ4n) is 2.48. The molecule has 18 heavy (non-hydrogen) atoms. The highest BCUT2D eigenvalue weighted by Gasteiger charge is 2.31. The molecule has 1 aliphatic heterocycles. The van der Waals surface area contributed by atoms with Crippen LogP contribution in [0.2, 0.25) is 0 Å². The Bertz CT molecular complexity index is 322. The maximum atomic E-state index is 12.0. The van der Waals surface area contributed by atoms with E-state index in [2.05, 4.69) is 5.32 Å².